The van der Waals surface area contributed by atoms with Gasteiger partial charge in [0, 0.05) is 30.4 Å². The molecule has 2 aliphatic heterocycles. The van der Waals surface area contributed by atoms with E-state index < -0.39 is 0 Å². The highest BCUT2D eigenvalue weighted by Crippen LogP contribution is 2.43. The van der Waals surface area contributed by atoms with E-state index in [2.05, 4.69) is 17.0 Å². The summed E-state index contributed by atoms with van der Waals surface area (Å²) in [7, 11) is 1.70. The molecule has 114 valence electrons. The quantitative estimate of drug-likeness (QED) is 0.943. The van der Waals surface area contributed by atoms with Gasteiger partial charge in [0.15, 0.2) is 11.5 Å². The van der Waals surface area contributed by atoms with Crippen molar-refractivity contribution in [1.82, 2.24) is 0 Å². The van der Waals surface area contributed by atoms with Gasteiger partial charge >= 0.3 is 0 Å². The molecule has 0 saturated heterocycles. The Morgan fingerprint density at radius 1 is 1.23 bits per heavy atom. The molecule has 1 unspecified atom stereocenters. The van der Waals surface area contributed by atoms with Crippen molar-refractivity contribution < 1.29 is 14.2 Å². The van der Waals surface area contributed by atoms with Gasteiger partial charge in [0.25, 0.3) is 0 Å². The molecule has 0 aromatic heterocycles. The normalized spacial score (nSPS) is 18.5. The Balaban J connectivity index is 1.74. The Hall–Kier alpha value is -2.40. The maximum Gasteiger partial charge on any atom is 0.231 e. The van der Waals surface area contributed by atoms with Gasteiger partial charge in [0.2, 0.25) is 6.79 Å². The third-order valence-electron chi connectivity index (χ3n) is 4.36. The van der Waals surface area contributed by atoms with Crippen molar-refractivity contribution in [2.45, 2.75) is 12.6 Å². The highest BCUT2D eigenvalue weighted by atomic mass is 16.7. The fraction of sp³-hybridized carbons (Fsp3) is 0.294. The lowest BCUT2D eigenvalue weighted by Gasteiger charge is -2.26. The van der Waals surface area contributed by atoms with E-state index in [9.17, 15) is 0 Å². The molecule has 4 rings (SSSR count). The Bertz CT molecular complexity index is 717. The number of nitrogens with zero attached hydrogens (tertiary/aromatic N) is 1. The van der Waals surface area contributed by atoms with Crippen molar-refractivity contribution in [1.29, 1.82) is 0 Å². The zero-order chi connectivity index (χ0) is 15.1. The first-order valence-electron chi connectivity index (χ1n) is 7.34. The summed E-state index contributed by atoms with van der Waals surface area (Å²) in [5.74, 6) is 2.50. The molecule has 0 aliphatic carbocycles. The summed E-state index contributed by atoms with van der Waals surface area (Å²) in [6.45, 7) is 1.61. The second-order valence-corrected chi connectivity index (χ2v) is 5.45. The molecular formula is C17H18N2O3. The van der Waals surface area contributed by atoms with Gasteiger partial charge in [-0.3, -0.25) is 0 Å². The summed E-state index contributed by atoms with van der Waals surface area (Å²) in [5.41, 5.74) is 9.57. The van der Waals surface area contributed by atoms with Crippen LogP contribution in [0.25, 0.3) is 0 Å². The third-order valence-corrected chi connectivity index (χ3v) is 4.36. The van der Waals surface area contributed by atoms with E-state index in [1.165, 1.54) is 11.1 Å². The zero-order valence-electron chi connectivity index (χ0n) is 12.4. The lowest BCUT2D eigenvalue weighted by molar-refractivity contribution is 0.174. The Morgan fingerprint density at radius 2 is 2.09 bits per heavy atom. The first-order valence-corrected chi connectivity index (χ1v) is 7.34. The molecule has 5 nitrogen and oxygen atoms in total. The van der Waals surface area contributed by atoms with Gasteiger partial charge in [-0.25, -0.2) is 0 Å². The molecule has 2 N–H and O–H groups in total. The van der Waals surface area contributed by atoms with E-state index in [0.29, 0.717) is 6.54 Å². The number of anilines is 1. The van der Waals surface area contributed by atoms with Crippen LogP contribution in [-0.4, -0.2) is 20.4 Å². The molecule has 0 saturated carbocycles. The second-order valence-electron chi connectivity index (χ2n) is 5.45. The number of fused-ring (bicyclic) bond motifs is 2. The molecule has 0 radical (unpaired) electrons. The Kier molecular flexibility index (Phi) is 3.08. The third kappa shape index (κ3) is 1.89. The van der Waals surface area contributed by atoms with Crippen molar-refractivity contribution in [2.24, 2.45) is 5.73 Å². The number of hydrogen-bond donors (Lipinski definition) is 1. The molecule has 5 heteroatoms. The molecule has 2 aromatic rings. The van der Waals surface area contributed by atoms with E-state index in [-0.39, 0.29) is 12.8 Å². The van der Waals surface area contributed by atoms with Crippen LogP contribution in [0.4, 0.5) is 5.69 Å². The molecule has 2 aromatic carbocycles. The van der Waals surface area contributed by atoms with Gasteiger partial charge in [0.05, 0.1) is 13.2 Å². The van der Waals surface area contributed by atoms with Gasteiger partial charge in [-0.2, -0.15) is 0 Å². The van der Waals surface area contributed by atoms with Crippen LogP contribution < -0.4 is 24.8 Å². The van der Waals surface area contributed by atoms with Crippen LogP contribution >= 0.6 is 0 Å². The fourth-order valence-corrected chi connectivity index (χ4v) is 3.29. The van der Waals surface area contributed by atoms with E-state index in [1.807, 2.05) is 24.3 Å². The van der Waals surface area contributed by atoms with E-state index in [1.54, 1.807) is 7.11 Å². The minimum absolute atomic E-state index is 0.144. The molecule has 0 bridgehead atoms. The SMILES string of the molecule is COc1cccc2c1CN(c1ccc3c(c1)OCO3)C2CN. The summed E-state index contributed by atoms with van der Waals surface area (Å²) in [6.07, 6.45) is 0. The van der Waals surface area contributed by atoms with Crippen molar-refractivity contribution in [2.75, 3.05) is 25.3 Å². The molecular weight excluding hydrogens is 280 g/mol. The summed E-state index contributed by atoms with van der Waals surface area (Å²) >= 11 is 0. The van der Waals surface area contributed by atoms with Crippen molar-refractivity contribution in [3.8, 4) is 17.2 Å². The molecule has 0 amide bonds. The maximum absolute atomic E-state index is 6.04. The topological polar surface area (TPSA) is 57.0 Å². The van der Waals surface area contributed by atoms with Gasteiger partial charge in [-0.15, -0.1) is 0 Å². The zero-order valence-corrected chi connectivity index (χ0v) is 12.4. The van der Waals surface area contributed by atoms with E-state index >= 15 is 0 Å². The molecule has 22 heavy (non-hydrogen) atoms. The van der Waals surface area contributed by atoms with Gasteiger partial charge < -0.3 is 24.8 Å². The lowest BCUT2D eigenvalue weighted by Crippen LogP contribution is -2.27. The van der Waals surface area contributed by atoms with E-state index in [4.69, 9.17) is 19.9 Å². The largest absolute Gasteiger partial charge is 0.496 e. The van der Waals surface area contributed by atoms with Gasteiger partial charge in [0.1, 0.15) is 5.75 Å². The highest BCUT2D eigenvalue weighted by Gasteiger charge is 2.32. The Morgan fingerprint density at radius 3 is 2.91 bits per heavy atom. The van der Waals surface area contributed by atoms with Crippen molar-refractivity contribution in [3.63, 3.8) is 0 Å². The minimum atomic E-state index is 0.144. The number of ether oxygens (including phenoxy) is 3. The molecule has 0 fully saturated rings. The van der Waals surface area contributed by atoms with Crippen LogP contribution in [0.15, 0.2) is 36.4 Å². The number of methoxy groups -OCH3 is 1. The summed E-state index contributed by atoms with van der Waals surface area (Å²) in [6, 6.07) is 12.3. The molecule has 2 aliphatic rings. The van der Waals surface area contributed by atoms with Crippen LogP contribution in [0.1, 0.15) is 17.2 Å². The summed E-state index contributed by atoms with van der Waals surface area (Å²) in [5, 5.41) is 0. The van der Waals surface area contributed by atoms with E-state index in [0.717, 1.165) is 29.5 Å². The first-order chi connectivity index (χ1) is 10.8. The average Bonchev–Trinajstić information content (AvgIpc) is 3.17. The number of benzene rings is 2. The number of rotatable bonds is 3. The molecule has 1 atom stereocenters. The number of nitrogens with two attached hydrogens (primary N) is 1. The van der Waals surface area contributed by atoms with Crippen LogP contribution in [0.5, 0.6) is 17.2 Å². The second kappa shape index (κ2) is 5.10. The average molecular weight is 298 g/mol. The maximum atomic E-state index is 6.04. The van der Waals surface area contributed by atoms with Crippen molar-refractivity contribution in [3.05, 3.63) is 47.5 Å². The predicted octanol–water partition coefficient (Wildman–Crippen LogP) is 2.44. The van der Waals surface area contributed by atoms with Crippen LogP contribution in [0.2, 0.25) is 0 Å². The van der Waals surface area contributed by atoms with Crippen molar-refractivity contribution >= 4 is 5.69 Å². The monoisotopic (exact) mass is 298 g/mol. The standard InChI is InChI=1S/C17H18N2O3/c1-20-15-4-2-3-12-13(15)9-19(14(12)8-18)11-5-6-16-17(7-11)22-10-21-16/h2-7,14H,8-10,18H2,1H3. The summed E-state index contributed by atoms with van der Waals surface area (Å²) < 4.78 is 16.4. The van der Waals surface area contributed by atoms with Crippen LogP contribution in [-0.2, 0) is 6.54 Å². The number of hydrogen-bond acceptors (Lipinski definition) is 5. The first kappa shape index (κ1) is 13.3. The van der Waals surface area contributed by atoms with Gasteiger partial charge in [-0.05, 0) is 23.8 Å². The lowest BCUT2D eigenvalue weighted by atomic mass is 10.0. The molecule has 2 heterocycles. The predicted molar refractivity (Wildman–Crippen MR) is 83.5 cm³/mol. The highest BCUT2D eigenvalue weighted by molar-refractivity contribution is 5.62. The van der Waals surface area contributed by atoms with Crippen LogP contribution in [0.3, 0.4) is 0 Å². The fourth-order valence-electron chi connectivity index (χ4n) is 3.29. The summed E-state index contributed by atoms with van der Waals surface area (Å²) in [4.78, 5) is 2.29. The molecule has 0 spiro atoms. The Labute approximate surface area is 129 Å². The van der Waals surface area contributed by atoms with Crippen LogP contribution in [0, 0.1) is 0 Å². The van der Waals surface area contributed by atoms with Gasteiger partial charge in [-0.1, -0.05) is 12.1 Å². The minimum Gasteiger partial charge on any atom is -0.496 e. The smallest absolute Gasteiger partial charge is 0.231 e.